The first-order valence-electron chi connectivity index (χ1n) is 7.16. The Morgan fingerprint density at radius 1 is 1.50 bits per heavy atom. The molecule has 1 N–H and O–H groups in total. The van der Waals surface area contributed by atoms with Crippen molar-refractivity contribution in [3.05, 3.63) is 23.2 Å². The summed E-state index contributed by atoms with van der Waals surface area (Å²) < 4.78 is 0. The Labute approximate surface area is 124 Å². The van der Waals surface area contributed by atoms with Crippen molar-refractivity contribution in [1.82, 2.24) is 20.2 Å². The van der Waals surface area contributed by atoms with Crippen LogP contribution in [0, 0.1) is 0 Å². The number of carbonyl (C=O) groups excluding carboxylic acids is 1. The van der Waals surface area contributed by atoms with E-state index in [1.54, 1.807) is 0 Å². The monoisotopic (exact) mass is 296 g/mol. The molecule has 2 rings (SSSR count). The van der Waals surface area contributed by atoms with Crippen LogP contribution in [0.1, 0.15) is 43.1 Å². The maximum Gasteiger partial charge on any atom is 0.271 e. The van der Waals surface area contributed by atoms with Crippen molar-refractivity contribution in [2.45, 2.75) is 38.6 Å². The van der Waals surface area contributed by atoms with Gasteiger partial charge in [0.2, 0.25) is 0 Å². The number of halogens is 1. The van der Waals surface area contributed by atoms with Gasteiger partial charge in [-0.05, 0) is 32.7 Å². The molecule has 0 radical (unpaired) electrons. The fourth-order valence-corrected chi connectivity index (χ4v) is 2.66. The van der Waals surface area contributed by atoms with Crippen LogP contribution in [0.15, 0.2) is 12.4 Å². The Bertz CT molecular complexity index is 455. The molecule has 2 heterocycles. The minimum absolute atomic E-state index is 0.216. The second-order valence-corrected chi connectivity index (χ2v) is 5.60. The summed E-state index contributed by atoms with van der Waals surface area (Å²) in [5.41, 5.74) is 0.267. The fourth-order valence-electron chi connectivity index (χ4n) is 2.52. The normalized spacial score (nSPS) is 19.8. The van der Waals surface area contributed by atoms with Crippen molar-refractivity contribution < 1.29 is 4.79 Å². The van der Waals surface area contributed by atoms with E-state index in [-0.39, 0.29) is 16.8 Å². The quantitative estimate of drug-likeness (QED) is 0.846. The van der Waals surface area contributed by atoms with Crippen molar-refractivity contribution in [2.24, 2.45) is 0 Å². The lowest BCUT2D eigenvalue weighted by molar-refractivity contribution is 0.0943. The zero-order valence-corrected chi connectivity index (χ0v) is 12.6. The molecule has 20 heavy (non-hydrogen) atoms. The third-order valence-corrected chi connectivity index (χ3v) is 3.87. The summed E-state index contributed by atoms with van der Waals surface area (Å²) in [6, 6.07) is 0.665. The Balaban J connectivity index is 1.69. The van der Waals surface area contributed by atoms with Gasteiger partial charge in [-0.1, -0.05) is 18.0 Å². The number of piperidine rings is 1. The highest BCUT2D eigenvalue weighted by Gasteiger charge is 2.17. The van der Waals surface area contributed by atoms with E-state index in [0.29, 0.717) is 12.6 Å². The van der Waals surface area contributed by atoms with E-state index in [1.807, 2.05) is 0 Å². The molecule has 5 nitrogen and oxygen atoms in total. The number of hydrogen-bond acceptors (Lipinski definition) is 4. The molecule has 6 heteroatoms. The van der Waals surface area contributed by atoms with Crippen LogP contribution in [0.25, 0.3) is 0 Å². The molecule has 0 aromatic carbocycles. The van der Waals surface area contributed by atoms with Gasteiger partial charge in [0.05, 0.1) is 12.4 Å². The molecule has 0 saturated carbocycles. The SMILES string of the molecule is CC1CCCCN1CCCNC(=O)c1cncc(Cl)n1. The molecular formula is C14H21ClN4O. The molecule has 0 aliphatic carbocycles. The van der Waals surface area contributed by atoms with Crippen LogP contribution >= 0.6 is 11.6 Å². The van der Waals surface area contributed by atoms with E-state index in [1.165, 1.54) is 38.2 Å². The van der Waals surface area contributed by atoms with Crippen molar-refractivity contribution in [1.29, 1.82) is 0 Å². The van der Waals surface area contributed by atoms with Crippen LogP contribution in [-0.4, -0.2) is 46.5 Å². The average molecular weight is 297 g/mol. The molecule has 1 aliphatic rings. The smallest absolute Gasteiger partial charge is 0.271 e. The van der Waals surface area contributed by atoms with E-state index in [9.17, 15) is 4.79 Å². The fraction of sp³-hybridized carbons (Fsp3) is 0.643. The lowest BCUT2D eigenvalue weighted by atomic mass is 10.0. The maximum absolute atomic E-state index is 11.8. The molecule has 1 saturated heterocycles. The highest BCUT2D eigenvalue weighted by molar-refractivity contribution is 6.29. The van der Waals surface area contributed by atoms with Gasteiger partial charge < -0.3 is 10.2 Å². The van der Waals surface area contributed by atoms with Gasteiger partial charge in [-0.15, -0.1) is 0 Å². The number of hydrogen-bond donors (Lipinski definition) is 1. The Kier molecular flexibility index (Phi) is 5.73. The molecule has 1 atom stereocenters. The molecular weight excluding hydrogens is 276 g/mol. The number of carbonyl (C=O) groups is 1. The molecule has 110 valence electrons. The predicted octanol–water partition coefficient (Wildman–Crippen LogP) is 2.12. The lowest BCUT2D eigenvalue weighted by Crippen LogP contribution is -2.39. The second kappa shape index (κ2) is 7.55. The van der Waals surface area contributed by atoms with Gasteiger partial charge in [0.1, 0.15) is 10.8 Å². The molecule has 1 aromatic heterocycles. The van der Waals surface area contributed by atoms with Crippen molar-refractivity contribution in [3.8, 4) is 0 Å². The molecule has 1 aliphatic heterocycles. The van der Waals surface area contributed by atoms with Crippen LogP contribution in [0.3, 0.4) is 0 Å². The van der Waals surface area contributed by atoms with Gasteiger partial charge >= 0.3 is 0 Å². The second-order valence-electron chi connectivity index (χ2n) is 5.22. The average Bonchev–Trinajstić information content (AvgIpc) is 2.45. The van der Waals surface area contributed by atoms with Crippen molar-refractivity contribution in [2.75, 3.05) is 19.6 Å². The molecule has 1 fully saturated rings. The summed E-state index contributed by atoms with van der Waals surface area (Å²) in [6.07, 6.45) is 7.69. The number of nitrogens with zero attached hydrogens (tertiary/aromatic N) is 3. The van der Waals surface area contributed by atoms with Crippen LogP contribution < -0.4 is 5.32 Å². The number of nitrogens with one attached hydrogen (secondary N) is 1. The molecule has 0 spiro atoms. The third-order valence-electron chi connectivity index (χ3n) is 3.69. The van der Waals surface area contributed by atoms with E-state index < -0.39 is 0 Å². The van der Waals surface area contributed by atoms with Gasteiger partial charge in [-0.25, -0.2) is 4.98 Å². The zero-order chi connectivity index (χ0) is 14.4. The Hall–Kier alpha value is -1.20. The molecule has 0 bridgehead atoms. The van der Waals surface area contributed by atoms with Crippen LogP contribution in [0.2, 0.25) is 5.15 Å². The highest BCUT2D eigenvalue weighted by Crippen LogP contribution is 2.16. The minimum Gasteiger partial charge on any atom is -0.351 e. The van der Waals surface area contributed by atoms with Gasteiger partial charge in [0, 0.05) is 19.1 Å². The van der Waals surface area contributed by atoms with Gasteiger partial charge in [-0.3, -0.25) is 9.78 Å². The summed E-state index contributed by atoms with van der Waals surface area (Å²) in [7, 11) is 0. The van der Waals surface area contributed by atoms with Crippen LogP contribution in [0.5, 0.6) is 0 Å². The number of likely N-dealkylation sites (tertiary alicyclic amines) is 1. The Morgan fingerprint density at radius 2 is 2.35 bits per heavy atom. The molecule has 1 unspecified atom stereocenters. The highest BCUT2D eigenvalue weighted by atomic mass is 35.5. The summed E-state index contributed by atoms with van der Waals surface area (Å²) in [4.78, 5) is 22.1. The standard InChI is InChI=1S/C14H21ClN4O/c1-11-5-2-3-7-19(11)8-4-6-17-14(20)12-9-16-10-13(15)18-12/h9-11H,2-8H2,1H3,(H,17,20). The maximum atomic E-state index is 11.8. The lowest BCUT2D eigenvalue weighted by Gasteiger charge is -2.33. The minimum atomic E-state index is -0.216. The summed E-state index contributed by atoms with van der Waals surface area (Å²) in [5.74, 6) is -0.216. The summed E-state index contributed by atoms with van der Waals surface area (Å²) in [6.45, 7) is 5.13. The molecule has 1 aromatic rings. The Morgan fingerprint density at radius 3 is 3.10 bits per heavy atom. The summed E-state index contributed by atoms with van der Waals surface area (Å²) in [5, 5.41) is 3.09. The van der Waals surface area contributed by atoms with Crippen LogP contribution in [-0.2, 0) is 0 Å². The van der Waals surface area contributed by atoms with Crippen LogP contribution in [0.4, 0.5) is 0 Å². The van der Waals surface area contributed by atoms with Crippen molar-refractivity contribution in [3.63, 3.8) is 0 Å². The third kappa shape index (κ3) is 4.42. The van der Waals surface area contributed by atoms with Crippen molar-refractivity contribution >= 4 is 17.5 Å². The number of rotatable bonds is 5. The van der Waals surface area contributed by atoms with Gasteiger partial charge in [-0.2, -0.15) is 0 Å². The first-order chi connectivity index (χ1) is 9.66. The first kappa shape index (κ1) is 15.2. The van der Waals surface area contributed by atoms with E-state index in [0.717, 1.165) is 13.0 Å². The van der Waals surface area contributed by atoms with Gasteiger partial charge in [0.15, 0.2) is 0 Å². The van der Waals surface area contributed by atoms with E-state index >= 15 is 0 Å². The zero-order valence-electron chi connectivity index (χ0n) is 11.8. The molecule has 1 amide bonds. The van der Waals surface area contributed by atoms with E-state index in [2.05, 4.69) is 27.1 Å². The summed E-state index contributed by atoms with van der Waals surface area (Å²) >= 11 is 5.71. The number of aromatic nitrogens is 2. The predicted molar refractivity (Wildman–Crippen MR) is 78.9 cm³/mol. The topological polar surface area (TPSA) is 58.1 Å². The number of amides is 1. The van der Waals surface area contributed by atoms with E-state index in [4.69, 9.17) is 11.6 Å². The van der Waals surface area contributed by atoms with Gasteiger partial charge in [0.25, 0.3) is 5.91 Å². The first-order valence-corrected chi connectivity index (χ1v) is 7.54. The largest absolute Gasteiger partial charge is 0.351 e.